The molecule has 0 N–H and O–H groups in total. The summed E-state index contributed by atoms with van der Waals surface area (Å²) < 4.78 is 16.6. The zero-order chi connectivity index (χ0) is 13.5. The van der Waals surface area contributed by atoms with Crippen LogP contribution in [0.4, 0.5) is 0 Å². The number of ether oxygens (including phenoxy) is 1. The number of unbranched alkanes of at least 4 members (excludes halogenated alkanes) is 2. The van der Waals surface area contributed by atoms with Gasteiger partial charge in [0.1, 0.15) is 0 Å². The van der Waals surface area contributed by atoms with Crippen LogP contribution in [0.15, 0.2) is 0 Å². The monoisotopic (exact) mass is 364 g/mol. The third-order valence-electron chi connectivity index (χ3n) is 4.54. The minimum absolute atomic E-state index is 0.0405. The molecule has 0 aromatic rings. The molecular formula is C15H32O2Sn. The Kier molecular flexibility index (Phi) is 7.55. The van der Waals surface area contributed by atoms with Gasteiger partial charge in [0.25, 0.3) is 0 Å². The third-order valence-corrected chi connectivity index (χ3v) is 15.8. The molecule has 0 aliphatic carbocycles. The van der Waals surface area contributed by atoms with Crippen molar-refractivity contribution in [3.8, 4) is 0 Å². The number of rotatable bonds is 8. The Morgan fingerprint density at radius 1 is 0.944 bits per heavy atom. The Hall–Kier alpha value is 0.719. The minimum atomic E-state index is -2.38. The van der Waals surface area contributed by atoms with E-state index in [9.17, 15) is 0 Å². The van der Waals surface area contributed by atoms with Gasteiger partial charge in [-0.1, -0.05) is 0 Å². The zero-order valence-corrected chi connectivity index (χ0v) is 15.7. The summed E-state index contributed by atoms with van der Waals surface area (Å²) >= 11 is -2.38. The van der Waals surface area contributed by atoms with Gasteiger partial charge in [0.15, 0.2) is 0 Å². The molecule has 0 spiro atoms. The summed E-state index contributed by atoms with van der Waals surface area (Å²) in [5.74, 6) is 0. The summed E-state index contributed by atoms with van der Waals surface area (Å²) in [7, 11) is 0. The van der Waals surface area contributed by atoms with Crippen LogP contribution in [0, 0.1) is 0 Å². The first-order valence-electron chi connectivity index (χ1n) is 7.94. The Balaban J connectivity index is 2.59. The van der Waals surface area contributed by atoms with Crippen LogP contribution in [-0.4, -0.2) is 35.6 Å². The van der Waals surface area contributed by atoms with Crippen molar-refractivity contribution >= 4 is 18.8 Å². The van der Waals surface area contributed by atoms with Crippen LogP contribution in [0.2, 0.25) is 8.87 Å². The van der Waals surface area contributed by atoms with Gasteiger partial charge in [-0.3, -0.25) is 0 Å². The quantitative estimate of drug-likeness (QED) is 0.584. The van der Waals surface area contributed by atoms with Gasteiger partial charge in [-0.2, -0.15) is 0 Å². The van der Waals surface area contributed by atoms with E-state index >= 15 is 0 Å². The molecule has 1 aliphatic heterocycles. The van der Waals surface area contributed by atoms with E-state index in [1.54, 1.807) is 0 Å². The van der Waals surface area contributed by atoms with Gasteiger partial charge in [-0.15, -0.1) is 0 Å². The van der Waals surface area contributed by atoms with Gasteiger partial charge in [0, 0.05) is 0 Å². The van der Waals surface area contributed by atoms with E-state index in [0.717, 1.165) is 24.1 Å². The van der Waals surface area contributed by atoms with Crippen molar-refractivity contribution < 1.29 is 7.81 Å². The SMILES string of the molecule is CCC[CH2][Sn]1([CH2]CCC)[CH2]OC(CC)(CC)C[O]1. The predicted octanol–water partition coefficient (Wildman–Crippen LogP) is 4.68. The van der Waals surface area contributed by atoms with Crippen LogP contribution < -0.4 is 0 Å². The fraction of sp³-hybridized carbons (Fsp3) is 1.00. The van der Waals surface area contributed by atoms with Crippen molar-refractivity contribution in [1.82, 2.24) is 0 Å². The van der Waals surface area contributed by atoms with Gasteiger partial charge in [0.2, 0.25) is 0 Å². The molecule has 1 fully saturated rings. The maximum atomic E-state index is 6.55. The molecule has 1 aliphatic rings. The average Bonchev–Trinajstić information content (AvgIpc) is 2.44. The molecule has 0 amide bonds. The topological polar surface area (TPSA) is 18.5 Å². The van der Waals surface area contributed by atoms with Crippen LogP contribution in [0.1, 0.15) is 66.2 Å². The normalized spacial score (nSPS) is 22.0. The maximum absolute atomic E-state index is 6.55. The van der Waals surface area contributed by atoms with Gasteiger partial charge >= 0.3 is 119 Å². The van der Waals surface area contributed by atoms with E-state index in [1.165, 1.54) is 34.6 Å². The molecule has 0 bridgehead atoms. The van der Waals surface area contributed by atoms with Crippen LogP contribution >= 0.6 is 0 Å². The van der Waals surface area contributed by atoms with Crippen molar-refractivity contribution in [2.24, 2.45) is 0 Å². The van der Waals surface area contributed by atoms with E-state index in [4.69, 9.17) is 7.81 Å². The second kappa shape index (κ2) is 8.11. The Bertz CT molecular complexity index is 207. The van der Waals surface area contributed by atoms with Crippen LogP contribution in [0.25, 0.3) is 0 Å². The van der Waals surface area contributed by atoms with E-state index in [-0.39, 0.29) is 5.60 Å². The first kappa shape index (κ1) is 16.8. The molecule has 0 aromatic heterocycles. The van der Waals surface area contributed by atoms with Crippen molar-refractivity contribution in [2.75, 3.05) is 11.2 Å². The summed E-state index contributed by atoms with van der Waals surface area (Å²) in [6, 6.07) is 0. The number of hydrogen-bond acceptors (Lipinski definition) is 2. The molecule has 0 unspecified atom stereocenters. The molecule has 0 atom stereocenters. The second-order valence-corrected chi connectivity index (χ2v) is 17.1. The molecule has 2 nitrogen and oxygen atoms in total. The Labute approximate surface area is 118 Å². The molecule has 0 saturated carbocycles. The van der Waals surface area contributed by atoms with Gasteiger partial charge < -0.3 is 0 Å². The van der Waals surface area contributed by atoms with Crippen molar-refractivity contribution in [2.45, 2.75) is 80.7 Å². The average molecular weight is 363 g/mol. The summed E-state index contributed by atoms with van der Waals surface area (Å²) in [5, 5.41) is 0. The number of hydrogen-bond donors (Lipinski definition) is 0. The molecule has 3 heteroatoms. The summed E-state index contributed by atoms with van der Waals surface area (Å²) in [6.45, 7) is 9.90. The fourth-order valence-electron chi connectivity index (χ4n) is 2.72. The van der Waals surface area contributed by atoms with Crippen molar-refractivity contribution in [3.05, 3.63) is 0 Å². The molecule has 18 heavy (non-hydrogen) atoms. The first-order chi connectivity index (χ1) is 8.66. The first-order valence-corrected chi connectivity index (χ1v) is 15.2. The molecule has 0 aromatic carbocycles. The van der Waals surface area contributed by atoms with E-state index < -0.39 is 18.8 Å². The van der Waals surface area contributed by atoms with Crippen LogP contribution in [0.3, 0.4) is 0 Å². The standard InChI is InChI=1S/C7H14O2.2C4H9.Sn/c1-4-7(5-2,6-8)9-3;2*1-3-4-2;/h3-6H2,1-2H3;2*1,3-4H2,2H3;/q-1;;;+1. The predicted molar refractivity (Wildman–Crippen MR) is 80.4 cm³/mol. The van der Waals surface area contributed by atoms with E-state index in [0.29, 0.717) is 0 Å². The van der Waals surface area contributed by atoms with E-state index in [2.05, 4.69) is 27.7 Å². The van der Waals surface area contributed by atoms with Crippen molar-refractivity contribution in [1.29, 1.82) is 0 Å². The molecule has 1 rings (SSSR count). The molecule has 1 heterocycles. The summed E-state index contributed by atoms with van der Waals surface area (Å²) in [6.07, 6.45) is 7.45. The molecule has 1 saturated heterocycles. The van der Waals surface area contributed by atoms with Crippen LogP contribution in [-0.2, 0) is 7.81 Å². The van der Waals surface area contributed by atoms with Gasteiger partial charge in [-0.25, -0.2) is 0 Å². The van der Waals surface area contributed by atoms with Crippen LogP contribution in [0.5, 0.6) is 0 Å². The summed E-state index contributed by atoms with van der Waals surface area (Å²) in [4.78, 5) is 0. The fourth-order valence-corrected chi connectivity index (χ4v) is 14.3. The second-order valence-electron chi connectivity index (χ2n) is 5.86. The summed E-state index contributed by atoms with van der Waals surface area (Å²) in [5.41, 5.74) is 0.0405. The Morgan fingerprint density at radius 2 is 1.50 bits per heavy atom. The zero-order valence-electron chi connectivity index (χ0n) is 12.9. The van der Waals surface area contributed by atoms with Gasteiger partial charge in [-0.05, 0) is 0 Å². The third kappa shape index (κ3) is 4.38. The molecular weight excluding hydrogens is 331 g/mol. The van der Waals surface area contributed by atoms with Gasteiger partial charge in [0.05, 0.1) is 0 Å². The Morgan fingerprint density at radius 3 is 1.83 bits per heavy atom. The molecule has 108 valence electrons. The van der Waals surface area contributed by atoms with Crippen molar-refractivity contribution in [3.63, 3.8) is 0 Å². The molecule has 0 radical (unpaired) electrons. The van der Waals surface area contributed by atoms with E-state index in [1.807, 2.05) is 0 Å².